The number of hydroxylamine groups is 3. The van der Waals surface area contributed by atoms with Gasteiger partial charge in [0.2, 0.25) is 0 Å². The van der Waals surface area contributed by atoms with Crippen LogP contribution >= 0.6 is 0 Å². The molecule has 17 nitrogen and oxygen atoms in total. The third kappa shape index (κ3) is 20.6. The van der Waals surface area contributed by atoms with Crippen LogP contribution in [-0.2, 0) is 61.3 Å². The summed E-state index contributed by atoms with van der Waals surface area (Å²) in [5.74, 6) is 2.40. The first-order valence-electron chi connectivity index (χ1n) is 21.9. The molecule has 0 atom stereocenters. The molecular formula is C49H66N6O11S3. The van der Waals surface area contributed by atoms with Gasteiger partial charge in [0, 0.05) is 98.8 Å². The molecule has 0 radical (unpaired) electrons. The van der Waals surface area contributed by atoms with Gasteiger partial charge in [0.1, 0.15) is 0 Å². The highest BCUT2D eigenvalue weighted by Crippen LogP contribution is 2.34. The van der Waals surface area contributed by atoms with E-state index in [0.29, 0.717) is 79.1 Å². The fourth-order valence-corrected chi connectivity index (χ4v) is 6.74. The van der Waals surface area contributed by atoms with Gasteiger partial charge >= 0.3 is 0 Å². The lowest BCUT2D eigenvalue weighted by Gasteiger charge is -2.17. The Morgan fingerprint density at radius 1 is 0.348 bits per heavy atom. The minimum Gasteiger partial charge on any atom is -0.408 e. The van der Waals surface area contributed by atoms with Crippen molar-refractivity contribution in [1.29, 1.82) is 0 Å². The zero-order chi connectivity index (χ0) is 50.7. The summed E-state index contributed by atoms with van der Waals surface area (Å²) in [6, 6.07) is 36.8. The molecule has 0 bridgehead atoms. The Bertz CT molecular complexity index is 2210. The number of benzene rings is 6. The van der Waals surface area contributed by atoms with Crippen molar-refractivity contribution >= 4 is 87.0 Å². The summed E-state index contributed by atoms with van der Waals surface area (Å²) in [7, 11) is 13.9. The van der Waals surface area contributed by atoms with Gasteiger partial charge in [-0.15, -0.1) is 0 Å². The van der Waals surface area contributed by atoms with Crippen molar-refractivity contribution < 1.29 is 50.8 Å². The monoisotopic (exact) mass is 1010 g/mol. The number of hydrogen-bond donors (Lipinski definition) is 3. The van der Waals surface area contributed by atoms with Gasteiger partial charge in [-0.05, 0) is 36.4 Å². The lowest BCUT2D eigenvalue weighted by atomic mass is 10.1. The Balaban J connectivity index is 0.000000457. The van der Waals surface area contributed by atoms with Crippen molar-refractivity contribution in [3.63, 3.8) is 0 Å². The fraction of sp³-hybridized carbons (Fsp3) is 0.388. The van der Waals surface area contributed by atoms with E-state index >= 15 is 0 Å². The molecule has 3 N–H and O–H groups in total. The molecule has 6 rings (SSSR count). The topological polar surface area (TPSA) is 171 Å². The minimum atomic E-state index is 0.514. The average Bonchev–Trinajstić information content (AvgIpc) is 3.38. The summed E-state index contributed by atoms with van der Waals surface area (Å²) in [4.78, 5) is 23.6. The molecule has 6 aromatic rings. The summed E-state index contributed by atoms with van der Waals surface area (Å²) in [5, 5.41) is 6.68. The zero-order valence-electron chi connectivity index (χ0n) is 40.4. The van der Waals surface area contributed by atoms with Crippen molar-refractivity contribution in [1.82, 2.24) is 16.4 Å². The lowest BCUT2D eigenvalue weighted by Crippen LogP contribution is -2.25. The first-order valence-corrected chi connectivity index (χ1v) is 22.9. The van der Waals surface area contributed by atoms with Crippen LogP contribution in [0.3, 0.4) is 0 Å². The number of fused-ring (bicyclic) bond motifs is 3. The Labute approximate surface area is 422 Å². The molecule has 0 fully saturated rings. The molecule has 0 unspecified atom stereocenters. The molecule has 0 aromatic heterocycles. The van der Waals surface area contributed by atoms with E-state index in [-0.39, 0.29) is 0 Å². The third-order valence-corrected chi connectivity index (χ3v) is 9.79. The third-order valence-electron chi connectivity index (χ3n) is 9.79. The quantitative estimate of drug-likeness (QED) is 0.0400. The minimum absolute atomic E-state index is 0.514. The van der Waals surface area contributed by atoms with Crippen molar-refractivity contribution in [2.45, 2.75) is 0 Å². The Kier molecular flexibility index (Phi) is 31.7. The van der Waals surface area contributed by atoms with Crippen LogP contribution in [0.4, 0.5) is 17.1 Å². The number of hydrogen-bond acceptors (Lipinski definition) is 20. The molecule has 376 valence electrons. The van der Waals surface area contributed by atoms with Gasteiger partial charge in [-0.3, -0.25) is 0 Å². The van der Waals surface area contributed by atoms with Crippen LogP contribution in [0.5, 0.6) is 17.2 Å². The predicted octanol–water partition coefficient (Wildman–Crippen LogP) is 6.09. The van der Waals surface area contributed by atoms with Crippen LogP contribution in [0.25, 0.3) is 32.3 Å². The second-order valence-corrected chi connectivity index (χ2v) is 15.0. The SMILES string of the molecule is CN(C)c1cccc2c(ONCCOCCOCCNOc3cccc4c(N(C)C)cccc34)cccc12.COCCOCCOCCNOc1cccc2c(N(C)C)cccc12.O=S.O=S.O=S. The normalized spacial score (nSPS) is 10.3. The maximum atomic E-state index is 7.83. The van der Waals surface area contributed by atoms with E-state index in [1.807, 2.05) is 96.9 Å². The summed E-state index contributed by atoms with van der Waals surface area (Å²) in [6.07, 6.45) is 0. The maximum Gasteiger partial charge on any atom is 0.197 e. The van der Waals surface area contributed by atoms with E-state index in [4.69, 9.17) is 50.8 Å². The van der Waals surface area contributed by atoms with E-state index in [1.54, 1.807) is 7.11 Å². The van der Waals surface area contributed by atoms with Gasteiger partial charge in [-0.1, -0.05) is 72.8 Å². The van der Waals surface area contributed by atoms with Gasteiger partial charge in [0.05, 0.1) is 79.1 Å². The van der Waals surface area contributed by atoms with Crippen LogP contribution in [0.2, 0.25) is 0 Å². The van der Waals surface area contributed by atoms with Crippen LogP contribution in [-0.4, -0.2) is 141 Å². The number of ether oxygens (including phenoxy) is 5. The van der Waals surface area contributed by atoms with Crippen molar-refractivity contribution in [2.24, 2.45) is 0 Å². The van der Waals surface area contributed by atoms with Gasteiger partial charge in [0.25, 0.3) is 0 Å². The first-order chi connectivity index (χ1) is 33.8. The fourth-order valence-electron chi connectivity index (χ4n) is 6.74. The molecule has 0 amide bonds. The molecule has 0 saturated heterocycles. The van der Waals surface area contributed by atoms with Crippen LogP contribution in [0.1, 0.15) is 0 Å². The van der Waals surface area contributed by atoms with Crippen LogP contribution in [0.15, 0.2) is 109 Å². The molecular weight excluding hydrogens is 945 g/mol. The largest absolute Gasteiger partial charge is 0.408 e. The van der Waals surface area contributed by atoms with Gasteiger partial charge in [-0.25, -0.2) is 0 Å². The van der Waals surface area contributed by atoms with Crippen molar-refractivity contribution in [3.8, 4) is 17.2 Å². The van der Waals surface area contributed by atoms with Crippen LogP contribution in [0, 0.1) is 0 Å². The summed E-state index contributed by atoms with van der Waals surface area (Å²) in [5.41, 5.74) is 12.4. The van der Waals surface area contributed by atoms with Crippen LogP contribution < -0.4 is 45.7 Å². The van der Waals surface area contributed by atoms with Gasteiger partial charge < -0.3 is 52.9 Å². The molecule has 6 aromatic carbocycles. The molecule has 20 heteroatoms. The summed E-state index contributed by atoms with van der Waals surface area (Å²) >= 11 is 8.50. The Hall–Kier alpha value is -5.36. The molecule has 0 heterocycles. The smallest absolute Gasteiger partial charge is 0.197 e. The van der Waals surface area contributed by atoms with E-state index in [0.717, 1.165) is 60.9 Å². The molecule has 0 aliphatic carbocycles. The highest BCUT2D eigenvalue weighted by molar-refractivity contribution is 7.44. The molecule has 69 heavy (non-hydrogen) atoms. The Morgan fingerprint density at radius 3 is 0.870 bits per heavy atom. The number of nitrogens with zero attached hydrogens (tertiary/aromatic N) is 3. The number of rotatable bonds is 27. The highest BCUT2D eigenvalue weighted by Gasteiger charge is 2.10. The molecule has 0 spiro atoms. The van der Waals surface area contributed by atoms with Gasteiger partial charge in [-0.2, -0.15) is 29.1 Å². The zero-order valence-corrected chi connectivity index (χ0v) is 42.9. The van der Waals surface area contributed by atoms with Gasteiger partial charge in [0.15, 0.2) is 54.8 Å². The van der Waals surface area contributed by atoms with E-state index in [9.17, 15) is 0 Å². The second kappa shape index (κ2) is 36.6. The number of nitrogens with one attached hydrogen (secondary N) is 3. The van der Waals surface area contributed by atoms with Crippen molar-refractivity contribution in [3.05, 3.63) is 109 Å². The second-order valence-electron chi connectivity index (χ2n) is 15.0. The average molecular weight is 1010 g/mol. The molecule has 0 saturated carbocycles. The predicted molar refractivity (Wildman–Crippen MR) is 280 cm³/mol. The standard InChI is InChI=1S/C30H38N4O4.C19H28N2O4.3OS/c1-33(2)27-13-5-11-25-23(27)9-7-15-29(25)37-31-17-19-35-21-22-36-20-18-32-38-30-16-8-10-24-26(30)12-6-14-28(24)34(3)4;1-21(2)18-8-4-7-17-16(18)6-5-9-19(17)25-20-10-11-23-14-15-24-13-12-22-3;3*1-2/h5-16,31-32H,17-22H2,1-4H3;4-9,20H,10-15H2,1-3H3;;;. The van der Waals surface area contributed by atoms with E-state index in [2.05, 4.69) is 123 Å². The summed E-state index contributed by atoms with van der Waals surface area (Å²) in [6.45, 7) is 6.70. The molecule has 0 aliphatic rings. The van der Waals surface area contributed by atoms with Crippen molar-refractivity contribution in [2.75, 3.05) is 143 Å². The number of anilines is 3. The maximum absolute atomic E-state index is 7.83. The van der Waals surface area contributed by atoms with E-state index in [1.165, 1.54) is 5.69 Å². The number of methoxy groups -OCH3 is 1. The lowest BCUT2D eigenvalue weighted by molar-refractivity contribution is 0.0208. The highest BCUT2D eigenvalue weighted by atomic mass is 32.1. The Morgan fingerprint density at radius 2 is 0.594 bits per heavy atom. The summed E-state index contributed by atoms with van der Waals surface area (Å²) < 4.78 is 50.5. The van der Waals surface area contributed by atoms with E-state index < -0.39 is 0 Å². The molecule has 0 aliphatic heterocycles. The first kappa shape index (κ1) is 59.8.